The van der Waals surface area contributed by atoms with Gasteiger partial charge in [0.2, 0.25) is 0 Å². The molecular weight excluding hydrogens is 313 g/mol. The van der Waals surface area contributed by atoms with Gasteiger partial charge in [0.25, 0.3) is 0 Å². The van der Waals surface area contributed by atoms with Crippen LogP contribution in [0.2, 0.25) is 10.0 Å². The Kier molecular flexibility index (Phi) is 3.74. The van der Waals surface area contributed by atoms with Crippen LogP contribution in [0.3, 0.4) is 0 Å². The molecule has 0 atom stereocenters. The zero-order valence-electron chi connectivity index (χ0n) is 13.2. The molecule has 0 aliphatic rings. The maximum Gasteiger partial charge on any atom is 0.0599 e. The number of halogens is 2. The lowest BCUT2D eigenvalue weighted by Gasteiger charge is -2.16. The number of rotatable bonds is 1. The molecule has 1 aromatic carbocycles. The summed E-state index contributed by atoms with van der Waals surface area (Å²) in [7, 11) is 0. The summed E-state index contributed by atoms with van der Waals surface area (Å²) in [5.74, 6) is 0. The number of benzene rings is 1. The highest BCUT2D eigenvalue weighted by atomic mass is 35.5. The summed E-state index contributed by atoms with van der Waals surface area (Å²) in [6, 6.07) is 12.4. The van der Waals surface area contributed by atoms with Crippen LogP contribution in [0.5, 0.6) is 0 Å². The first-order chi connectivity index (χ1) is 10.3. The van der Waals surface area contributed by atoms with E-state index in [1.807, 2.05) is 18.2 Å². The fourth-order valence-corrected chi connectivity index (χ4v) is 3.00. The van der Waals surface area contributed by atoms with Crippen LogP contribution in [-0.4, -0.2) is 4.40 Å². The normalized spacial score (nSPS) is 12.1. The molecule has 2 heterocycles. The lowest BCUT2D eigenvalue weighted by Crippen LogP contribution is -2.09. The zero-order valence-corrected chi connectivity index (χ0v) is 14.8. The summed E-state index contributed by atoms with van der Waals surface area (Å²) >= 11 is 12.3. The van der Waals surface area contributed by atoms with Gasteiger partial charge in [0.15, 0.2) is 0 Å². The summed E-state index contributed by atoms with van der Waals surface area (Å²) in [6.45, 7) is 8.81. The van der Waals surface area contributed by atoms with Crippen molar-refractivity contribution >= 4 is 28.7 Å². The lowest BCUT2D eigenvalue weighted by molar-refractivity contribution is 0.590. The quantitative estimate of drug-likeness (QED) is 0.478. The van der Waals surface area contributed by atoms with Gasteiger partial charge < -0.3 is 4.40 Å². The molecule has 3 aromatic rings. The van der Waals surface area contributed by atoms with E-state index in [9.17, 15) is 0 Å². The highest BCUT2D eigenvalue weighted by molar-refractivity contribution is 6.42. The van der Waals surface area contributed by atoms with E-state index in [1.54, 1.807) is 0 Å². The Bertz CT molecular complexity index is 854. The van der Waals surface area contributed by atoms with E-state index >= 15 is 0 Å². The molecule has 0 saturated heterocycles. The summed E-state index contributed by atoms with van der Waals surface area (Å²) in [6.07, 6.45) is 2.22. The SMILES string of the molecule is Cc1ccc2cc(C(C)(C)C)cn2c1-c1ccc(Cl)c(Cl)c1. The van der Waals surface area contributed by atoms with Gasteiger partial charge in [-0.3, -0.25) is 0 Å². The lowest BCUT2D eigenvalue weighted by atomic mass is 9.89. The van der Waals surface area contributed by atoms with Crippen LogP contribution in [-0.2, 0) is 5.41 Å². The summed E-state index contributed by atoms with van der Waals surface area (Å²) < 4.78 is 2.25. The molecule has 0 spiro atoms. The predicted molar refractivity (Wildman–Crippen MR) is 96.3 cm³/mol. The standard InChI is InChI=1S/C19H19Cl2N/c1-12-5-7-15-10-14(19(2,3)4)11-22(15)18(12)13-6-8-16(20)17(21)9-13/h5-11H,1-4H3. The molecule has 0 fully saturated rings. The maximum atomic E-state index is 6.20. The van der Waals surface area contributed by atoms with Crippen molar-refractivity contribution in [2.45, 2.75) is 33.1 Å². The molecule has 0 unspecified atom stereocenters. The fraction of sp³-hybridized carbons (Fsp3) is 0.263. The molecule has 3 rings (SSSR count). The molecule has 0 bridgehead atoms. The number of hydrogen-bond donors (Lipinski definition) is 0. The molecule has 0 N–H and O–H groups in total. The highest BCUT2D eigenvalue weighted by Crippen LogP contribution is 2.33. The van der Waals surface area contributed by atoms with Crippen molar-refractivity contribution in [2.75, 3.05) is 0 Å². The van der Waals surface area contributed by atoms with E-state index < -0.39 is 0 Å². The Labute approximate surface area is 141 Å². The van der Waals surface area contributed by atoms with Gasteiger partial charge in [0.05, 0.1) is 15.7 Å². The molecule has 3 heteroatoms. The summed E-state index contributed by atoms with van der Waals surface area (Å²) in [4.78, 5) is 0. The third kappa shape index (κ3) is 2.64. The van der Waals surface area contributed by atoms with E-state index in [-0.39, 0.29) is 5.41 Å². The topological polar surface area (TPSA) is 4.41 Å². The molecule has 0 aliphatic carbocycles. The second-order valence-electron chi connectivity index (χ2n) is 6.77. The first-order valence-electron chi connectivity index (χ1n) is 7.35. The van der Waals surface area contributed by atoms with Crippen molar-refractivity contribution in [2.24, 2.45) is 0 Å². The average Bonchev–Trinajstić information content (AvgIpc) is 2.86. The Hall–Kier alpha value is -1.44. The van der Waals surface area contributed by atoms with Gasteiger partial charge in [0, 0.05) is 17.3 Å². The van der Waals surface area contributed by atoms with Gasteiger partial charge in [-0.25, -0.2) is 0 Å². The van der Waals surface area contributed by atoms with E-state index in [0.29, 0.717) is 10.0 Å². The monoisotopic (exact) mass is 331 g/mol. The van der Waals surface area contributed by atoms with Crippen LogP contribution in [0, 0.1) is 6.92 Å². The molecular formula is C19H19Cl2N. The largest absolute Gasteiger partial charge is 0.316 e. The van der Waals surface area contributed by atoms with Crippen molar-refractivity contribution in [1.82, 2.24) is 4.40 Å². The number of hydrogen-bond acceptors (Lipinski definition) is 0. The predicted octanol–water partition coefficient (Wildman–Crippen LogP) is 6.52. The van der Waals surface area contributed by atoms with Gasteiger partial charge in [-0.1, -0.05) is 56.1 Å². The third-order valence-electron chi connectivity index (χ3n) is 4.03. The van der Waals surface area contributed by atoms with E-state index in [4.69, 9.17) is 23.2 Å². The maximum absolute atomic E-state index is 6.20. The summed E-state index contributed by atoms with van der Waals surface area (Å²) in [5.41, 5.74) is 6.08. The van der Waals surface area contributed by atoms with Crippen molar-refractivity contribution in [3.63, 3.8) is 0 Å². The molecule has 22 heavy (non-hydrogen) atoms. The smallest absolute Gasteiger partial charge is 0.0599 e. The van der Waals surface area contributed by atoms with Crippen molar-refractivity contribution in [3.05, 3.63) is 63.8 Å². The molecule has 0 radical (unpaired) electrons. The van der Waals surface area contributed by atoms with Gasteiger partial charge >= 0.3 is 0 Å². The van der Waals surface area contributed by atoms with Crippen molar-refractivity contribution in [3.8, 4) is 11.3 Å². The second-order valence-corrected chi connectivity index (χ2v) is 7.58. The second kappa shape index (κ2) is 5.33. The molecule has 0 aliphatic heterocycles. The van der Waals surface area contributed by atoms with Gasteiger partial charge in [-0.15, -0.1) is 0 Å². The van der Waals surface area contributed by atoms with Gasteiger partial charge in [0.1, 0.15) is 0 Å². The Morgan fingerprint density at radius 3 is 2.27 bits per heavy atom. The minimum absolute atomic E-state index is 0.120. The first kappa shape index (κ1) is 15.5. The van der Waals surface area contributed by atoms with E-state index in [1.165, 1.54) is 16.6 Å². The van der Waals surface area contributed by atoms with E-state index in [0.717, 1.165) is 11.3 Å². The van der Waals surface area contributed by atoms with Crippen molar-refractivity contribution in [1.29, 1.82) is 0 Å². The average molecular weight is 332 g/mol. The Balaban J connectivity index is 2.30. The van der Waals surface area contributed by atoms with Crippen LogP contribution in [0.1, 0.15) is 31.9 Å². The van der Waals surface area contributed by atoms with Crippen LogP contribution in [0.15, 0.2) is 42.6 Å². The number of aryl methyl sites for hydroxylation is 1. The van der Waals surface area contributed by atoms with Crippen LogP contribution in [0.25, 0.3) is 16.8 Å². The van der Waals surface area contributed by atoms with Crippen molar-refractivity contribution < 1.29 is 0 Å². The number of aromatic nitrogens is 1. The number of pyridine rings is 1. The Morgan fingerprint density at radius 2 is 1.64 bits per heavy atom. The van der Waals surface area contributed by atoms with Crippen LogP contribution >= 0.6 is 23.2 Å². The third-order valence-corrected chi connectivity index (χ3v) is 4.77. The molecule has 0 saturated carbocycles. The minimum Gasteiger partial charge on any atom is -0.316 e. The zero-order chi connectivity index (χ0) is 16.1. The number of fused-ring (bicyclic) bond motifs is 1. The summed E-state index contributed by atoms with van der Waals surface area (Å²) in [5, 5.41) is 1.16. The van der Waals surface area contributed by atoms with Gasteiger partial charge in [-0.2, -0.15) is 0 Å². The number of nitrogens with zero attached hydrogens (tertiary/aromatic N) is 1. The Morgan fingerprint density at radius 1 is 0.909 bits per heavy atom. The van der Waals surface area contributed by atoms with Crippen LogP contribution < -0.4 is 0 Å². The molecule has 2 aromatic heterocycles. The first-order valence-corrected chi connectivity index (χ1v) is 8.10. The molecule has 114 valence electrons. The molecule has 1 nitrogen and oxygen atoms in total. The minimum atomic E-state index is 0.120. The van der Waals surface area contributed by atoms with Crippen LogP contribution in [0.4, 0.5) is 0 Å². The fourth-order valence-electron chi connectivity index (χ4n) is 2.70. The highest BCUT2D eigenvalue weighted by Gasteiger charge is 2.17. The van der Waals surface area contributed by atoms with Gasteiger partial charge in [-0.05, 0) is 47.7 Å². The van der Waals surface area contributed by atoms with E-state index in [2.05, 4.69) is 56.5 Å². The molecule has 0 amide bonds.